The van der Waals surface area contributed by atoms with E-state index in [1.165, 1.54) is 19.3 Å². The minimum Gasteiger partial charge on any atom is -0.390 e. The van der Waals surface area contributed by atoms with Crippen molar-refractivity contribution < 1.29 is 14.6 Å². The number of hydrogen-bond acceptors (Lipinski definition) is 3. The van der Waals surface area contributed by atoms with Gasteiger partial charge in [0.15, 0.2) is 0 Å². The lowest BCUT2D eigenvalue weighted by molar-refractivity contribution is -0.177. The molecule has 0 aromatic heterocycles. The maximum atomic E-state index is 10.9. The molecule has 2 atom stereocenters. The average Bonchev–Trinajstić information content (AvgIpc) is 2.53. The number of ether oxygens (including phenoxy) is 2. The van der Waals surface area contributed by atoms with Crippen LogP contribution in [0.4, 0.5) is 0 Å². The van der Waals surface area contributed by atoms with Crippen LogP contribution >= 0.6 is 0 Å². The van der Waals surface area contributed by atoms with Gasteiger partial charge in [-0.25, -0.2) is 0 Å². The highest BCUT2D eigenvalue weighted by Crippen LogP contribution is 2.48. The molecule has 1 aliphatic carbocycles. The highest BCUT2D eigenvalue weighted by molar-refractivity contribution is 4.99. The Morgan fingerprint density at radius 3 is 2.59 bits per heavy atom. The molecule has 1 saturated carbocycles. The Morgan fingerprint density at radius 1 is 0.941 bits per heavy atom. The minimum atomic E-state index is -0.483. The van der Waals surface area contributed by atoms with Crippen molar-refractivity contribution in [1.29, 1.82) is 0 Å². The van der Waals surface area contributed by atoms with E-state index in [0.29, 0.717) is 5.92 Å². The van der Waals surface area contributed by atoms with Gasteiger partial charge in [-0.05, 0) is 57.3 Å². The van der Waals surface area contributed by atoms with E-state index >= 15 is 0 Å². The first-order chi connectivity index (χ1) is 8.23. The van der Waals surface area contributed by atoms with Crippen LogP contribution in [0.15, 0.2) is 0 Å². The Kier molecular flexibility index (Phi) is 3.18. The molecule has 1 N–H and O–H groups in total. The Balaban J connectivity index is 1.69. The highest BCUT2D eigenvalue weighted by atomic mass is 16.5. The molecule has 3 aliphatic rings. The highest BCUT2D eigenvalue weighted by Gasteiger charge is 2.48. The lowest BCUT2D eigenvalue weighted by atomic mass is 9.66. The lowest BCUT2D eigenvalue weighted by Gasteiger charge is -2.50. The van der Waals surface area contributed by atoms with Gasteiger partial charge in [-0.3, -0.25) is 0 Å². The quantitative estimate of drug-likeness (QED) is 0.764. The fourth-order valence-electron chi connectivity index (χ4n) is 3.77. The number of aliphatic hydroxyl groups is 1. The van der Waals surface area contributed by atoms with Crippen LogP contribution in [0, 0.1) is 5.92 Å². The van der Waals surface area contributed by atoms with E-state index in [2.05, 4.69) is 0 Å². The first-order valence-electron chi connectivity index (χ1n) is 7.17. The Labute approximate surface area is 103 Å². The molecule has 3 nitrogen and oxygen atoms in total. The summed E-state index contributed by atoms with van der Waals surface area (Å²) in [5.74, 6) is 0.429. The summed E-state index contributed by atoms with van der Waals surface area (Å²) in [6, 6.07) is 0. The van der Waals surface area contributed by atoms with Gasteiger partial charge in [-0.15, -0.1) is 0 Å². The van der Waals surface area contributed by atoms with Gasteiger partial charge in [0, 0.05) is 19.8 Å². The molecule has 0 amide bonds. The summed E-state index contributed by atoms with van der Waals surface area (Å²) in [4.78, 5) is 0. The van der Waals surface area contributed by atoms with Crippen LogP contribution in [0.25, 0.3) is 0 Å². The largest absolute Gasteiger partial charge is 0.390 e. The molecule has 1 spiro atoms. The molecule has 3 rings (SSSR count). The molecule has 3 fully saturated rings. The first kappa shape index (κ1) is 11.9. The van der Waals surface area contributed by atoms with Crippen LogP contribution < -0.4 is 0 Å². The number of hydrogen-bond donors (Lipinski definition) is 1. The maximum absolute atomic E-state index is 10.9. The lowest BCUT2D eigenvalue weighted by Crippen LogP contribution is -2.51. The van der Waals surface area contributed by atoms with Crippen molar-refractivity contribution in [2.45, 2.75) is 62.6 Å². The van der Waals surface area contributed by atoms with Gasteiger partial charge in [0.2, 0.25) is 0 Å². The normalized spacial score (nSPS) is 41.8. The van der Waals surface area contributed by atoms with Crippen LogP contribution in [0.3, 0.4) is 0 Å². The van der Waals surface area contributed by atoms with Gasteiger partial charge in [0.25, 0.3) is 0 Å². The topological polar surface area (TPSA) is 38.7 Å². The van der Waals surface area contributed by atoms with Crippen LogP contribution in [-0.2, 0) is 9.47 Å². The predicted molar refractivity (Wildman–Crippen MR) is 64.9 cm³/mol. The van der Waals surface area contributed by atoms with E-state index < -0.39 is 5.60 Å². The zero-order valence-electron chi connectivity index (χ0n) is 10.6. The second-order valence-corrected chi connectivity index (χ2v) is 6.14. The Hall–Kier alpha value is -0.120. The van der Waals surface area contributed by atoms with E-state index in [1.54, 1.807) is 0 Å². The fraction of sp³-hybridized carbons (Fsp3) is 1.00. The monoisotopic (exact) mass is 240 g/mol. The second-order valence-electron chi connectivity index (χ2n) is 6.14. The van der Waals surface area contributed by atoms with E-state index in [4.69, 9.17) is 9.47 Å². The van der Waals surface area contributed by atoms with Crippen molar-refractivity contribution in [3.05, 3.63) is 0 Å². The molecule has 2 heterocycles. The third kappa shape index (κ3) is 2.25. The molecular weight excluding hydrogens is 216 g/mol. The number of rotatable bonds is 1. The summed E-state index contributed by atoms with van der Waals surface area (Å²) in [5, 5.41) is 10.9. The van der Waals surface area contributed by atoms with Crippen molar-refractivity contribution >= 4 is 0 Å². The van der Waals surface area contributed by atoms with E-state index in [-0.39, 0.29) is 5.60 Å². The molecule has 0 bridgehead atoms. The average molecular weight is 240 g/mol. The summed E-state index contributed by atoms with van der Waals surface area (Å²) in [6.45, 7) is 2.38. The summed E-state index contributed by atoms with van der Waals surface area (Å²) in [6.07, 6.45) is 8.53. The molecular formula is C14H24O3. The summed E-state index contributed by atoms with van der Waals surface area (Å²) < 4.78 is 11.4. The van der Waals surface area contributed by atoms with Crippen molar-refractivity contribution in [2.24, 2.45) is 5.92 Å². The van der Waals surface area contributed by atoms with Crippen LogP contribution in [0.2, 0.25) is 0 Å². The fourth-order valence-corrected chi connectivity index (χ4v) is 3.77. The van der Waals surface area contributed by atoms with Crippen molar-refractivity contribution in [1.82, 2.24) is 0 Å². The van der Waals surface area contributed by atoms with Gasteiger partial charge >= 0.3 is 0 Å². The summed E-state index contributed by atoms with van der Waals surface area (Å²) >= 11 is 0. The predicted octanol–water partition coefficient (Wildman–Crippen LogP) is 2.27. The van der Waals surface area contributed by atoms with Crippen molar-refractivity contribution in [2.75, 3.05) is 19.8 Å². The Bertz CT molecular complexity index is 265. The molecule has 0 aromatic carbocycles. The van der Waals surface area contributed by atoms with Crippen molar-refractivity contribution in [3.8, 4) is 0 Å². The van der Waals surface area contributed by atoms with E-state index in [1.807, 2.05) is 0 Å². The Morgan fingerprint density at radius 2 is 1.82 bits per heavy atom. The zero-order valence-corrected chi connectivity index (χ0v) is 10.6. The van der Waals surface area contributed by atoms with E-state index in [9.17, 15) is 5.11 Å². The van der Waals surface area contributed by atoms with Gasteiger partial charge in [0.05, 0.1) is 11.2 Å². The smallest absolute Gasteiger partial charge is 0.0700 e. The zero-order chi connectivity index (χ0) is 11.8. The molecule has 2 aliphatic heterocycles. The third-order valence-electron chi connectivity index (χ3n) is 5.10. The van der Waals surface area contributed by atoms with Crippen molar-refractivity contribution in [3.63, 3.8) is 0 Å². The summed E-state index contributed by atoms with van der Waals surface area (Å²) in [5.41, 5.74) is -0.339. The van der Waals surface area contributed by atoms with E-state index in [0.717, 1.165) is 51.9 Å². The molecule has 2 saturated heterocycles. The van der Waals surface area contributed by atoms with Crippen LogP contribution in [0.1, 0.15) is 51.4 Å². The minimum absolute atomic E-state index is 0.145. The van der Waals surface area contributed by atoms with Crippen LogP contribution in [0.5, 0.6) is 0 Å². The van der Waals surface area contributed by atoms with Gasteiger partial charge in [-0.2, -0.15) is 0 Å². The molecule has 0 aromatic rings. The second kappa shape index (κ2) is 4.52. The maximum Gasteiger partial charge on any atom is 0.0700 e. The van der Waals surface area contributed by atoms with Gasteiger partial charge in [0.1, 0.15) is 0 Å². The van der Waals surface area contributed by atoms with Gasteiger partial charge < -0.3 is 14.6 Å². The first-order valence-corrected chi connectivity index (χ1v) is 7.17. The van der Waals surface area contributed by atoms with Gasteiger partial charge in [-0.1, -0.05) is 0 Å². The molecule has 98 valence electrons. The standard InChI is InChI=1S/C14H24O3/c15-14(6-2-8-16-10-7-14)12-3-9-17-13(11-12)4-1-5-13/h12,15H,1-11H2. The summed E-state index contributed by atoms with van der Waals surface area (Å²) in [7, 11) is 0. The molecule has 3 heteroatoms. The molecule has 17 heavy (non-hydrogen) atoms. The van der Waals surface area contributed by atoms with Crippen LogP contribution in [-0.4, -0.2) is 36.1 Å². The molecule has 0 radical (unpaired) electrons. The molecule has 2 unspecified atom stereocenters. The SMILES string of the molecule is OC1(C2CCOC3(CCC3)C2)CCCOCC1. The third-order valence-corrected chi connectivity index (χ3v) is 5.10.